The molecule has 110 valence electrons. The first-order valence-electron chi connectivity index (χ1n) is 5.95. The van der Waals surface area contributed by atoms with Crippen molar-refractivity contribution in [2.24, 2.45) is 0 Å². The number of benzene rings is 2. The van der Waals surface area contributed by atoms with Crippen molar-refractivity contribution < 1.29 is 9.00 Å². The predicted octanol–water partition coefficient (Wildman–Crippen LogP) is 3.32. The lowest BCUT2D eigenvalue weighted by molar-refractivity contribution is -0.113. The summed E-state index contributed by atoms with van der Waals surface area (Å²) < 4.78 is 12.1. The fourth-order valence-corrected chi connectivity index (χ4v) is 3.14. The molecule has 0 saturated carbocycles. The molecule has 0 spiro atoms. The smallest absolute Gasteiger partial charge is 0.237 e. The largest absolute Gasteiger partial charge is 0.397 e. The van der Waals surface area contributed by atoms with E-state index in [1.54, 1.807) is 42.5 Å². The molecule has 0 radical (unpaired) electrons. The molecule has 7 heteroatoms. The van der Waals surface area contributed by atoms with E-state index in [4.69, 9.17) is 28.9 Å². The maximum absolute atomic E-state index is 12.1. The van der Waals surface area contributed by atoms with E-state index in [0.717, 1.165) is 0 Å². The van der Waals surface area contributed by atoms with E-state index in [0.29, 0.717) is 26.3 Å². The van der Waals surface area contributed by atoms with Crippen LogP contribution in [-0.4, -0.2) is 15.9 Å². The van der Waals surface area contributed by atoms with Crippen LogP contribution in [0.4, 0.5) is 11.4 Å². The van der Waals surface area contributed by atoms with Gasteiger partial charge in [0, 0.05) is 5.69 Å². The van der Waals surface area contributed by atoms with E-state index in [1.807, 2.05) is 0 Å². The van der Waals surface area contributed by atoms with Crippen molar-refractivity contribution in [3.8, 4) is 0 Å². The van der Waals surface area contributed by atoms with Gasteiger partial charge in [-0.25, -0.2) is 0 Å². The van der Waals surface area contributed by atoms with E-state index in [2.05, 4.69) is 5.32 Å². The van der Waals surface area contributed by atoms with Gasteiger partial charge in [-0.2, -0.15) is 0 Å². The Bertz CT molecular complexity index is 707. The third-order valence-corrected chi connectivity index (χ3v) is 4.78. The van der Waals surface area contributed by atoms with Gasteiger partial charge in [0.15, 0.2) is 0 Å². The molecule has 3 N–H and O–H groups in total. The first-order chi connectivity index (χ1) is 9.97. The molecule has 2 rings (SSSR count). The number of halogens is 2. The summed E-state index contributed by atoms with van der Waals surface area (Å²) >= 11 is 11.7. The summed E-state index contributed by atoms with van der Waals surface area (Å²) in [7, 11) is -1.51. The van der Waals surface area contributed by atoms with Gasteiger partial charge in [0.1, 0.15) is 5.75 Å². The molecule has 2 aromatic carbocycles. The molecule has 4 nitrogen and oxygen atoms in total. The topological polar surface area (TPSA) is 72.2 Å². The summed E-state index contributed by atoms with van der Waals surface area (Å²) in [5.74, 6) is -0.582. The van der Waals surface area contributed by atoms with Crippen molar-refractivity contribution in [2.75, 3.05) is 16.8 Å². The highest BCUT2D eigenvalue weighted by molar-refractivity contribution is 7.86. The molecule has 0 aliphatic rings. The summed E-state index contributed by atoms with van der Waals surface area (Å²) in [5, 5.41) is 3.40. The fourth-order valence-electron chi connectivity index (χ4n) is 1.64. The molecule has 1 atom stereocenters. The van der Waals surface area contributed by atoms with Crippen molar-refractivity contribution in [3.63, 3.8) is 0 Å². The number of nitrogens with two attached hydrogens (primary N) is 1. The van der Waals surface area contributed by atoms with E-state index in [-0.39, 0.29) is 5.75 Å². The van der Waals surface area contributed by atoms with Gasteiger partial charge in [-0.1, -0.05) is 35.3 Å². The average molecular weight is 343 g/mol. The average Bonchev–Trinajstić information content (AvgIpc) is 2.43. The Morgan fingerprint density at radius 1 is 1.14 bits per heavy atom. The zero-order chi connectivity index (χ0) is 15.4. The number of amides is 1. The highest BCUT2D eigenvalue weighted by Crippen LogP contribution is 2.23. The van der Waals surface area contributed by atoms with E-state index in [9.17, 15) is 9.00 Å². The molecule has 0 bridgehead atoms. The van der Waals surface area contributed by atoms with Crippen LogP contribution in [0.1, 0.15) is 0 Å². The molecule has 1 amide bonds. The molecule has 0 saturated heterocycles. The standard InChI is InChI=1S/C14H12Cl2N2O2S/c15-10-6-5-9(7-12(10)17)18-14(19)8-21(20)13-4-2-1-3-11(13)16/h1-7H,8,17H2,(H,18,19). The lowest BCUT2D eigenvalue weighted by Gasteiger charge is -2.07. The SMILES string of the molecule is Nc1cc(NC(=O)CS(=O)c2ccccc2Cl)ccc1Cl. The second kappa shape index (κ2) is 6.93. The number of nitrogen functional groups attached to an aromatic ring is 1. The predicted molar refractivity (Wildman–Crippen MR) is 87.2 cm³/mol. The molecule has 0 aliphatic carbocycles. The van der Waals surface area contributed by atoms with Gasteiger partial charge in [-0.05, 0) is 30.3 Å². The minimum absolute atomic E-state index is 0.188. The Morgan fingerprint density at radius 3 is 2.52 bits per heavy atom. The molecule has 2 aromatic rings. The molecule has 0 fully saturated rings. The maximum Gasteiger partial charge on any atom is 0.237 e. The van der Waals surface area contributed by atoms with Crippen molar-refractivity contribution in [1.82, 2.24) is 0 Å². The Kier molecular flexibility index (Phi) is 5.22. The second-order valence-corrected chi connectivity index (χ2v) is 6.44. The summed E-state index contributed by atoms with van der Waals surface area (Å²) in [6.07, 6.45) is 0. The van der Waals surface area contributed by atoms with Crippen molar-refractivity contribution in [2.45, 2.75) is 4.90 Å². The van der Waals surface area contributed by atoms with Crippen molar-refractivity contribution in [3.05, 3.63) is 52.5 Å². The lowest BCUT2D eigenvalue weighted by Crippen LogP contribution is -2.19. The lowest BCUT2D eigenvalue weighted by atomic mass is 10.3. The first kappa shape index (κ1) is 15.8. The number of rotatable bonds is 4. The monoisotopic (exact) mass is 342 g/mol. The third-order valence-electron chi connectivity index (χ3n) is 2.62. The number of carbonyl (C=O) groups excluding carboxylic acids is 1. The minimum atomic E-state index is -1.51. The number of carbonyl (C=O) groups is 1. The van der Waals surface area contributed by atoms with Gasteiger partial charge in [-0.15, -0.1) is 0 Å². The first-order valence-corrected chi connectivity index (χ1v) is 8.02. The Balaban J connectivity index is 2.03. The van der Waals surface area contributed by atoms with E-state index < -0.39 is 16.7 Å². The van der Waals surface area contributed by atoms with Crippen LogP contribution in [0.25, 0.3) is 0 Å². The third kappa shape index (κ3) is 4.20. The van der Waals surface area contributed by atoms with E-state index >= 15 is 0 Å². The molecule has 21 heavy (non-hydrogen) atoms. The Labute approximate surface area is 134 Å². The van der Waals surface area contributed by atoms with Crippen LogP contribution >= 0.6 is 23.2 Å². The molecule has 0 aromatic heterocycles. The van der Waals surface area contributed by atoms with Crippen molar-refractivity contribution in [1.29, 1.82) is 0 Å². The van der Waals surface area contributed by atoms with Gasteiger partial charge in [0.25, 0.3) is 0 Å². The summed E-state index contributed by atoms with van der Waals surface area (Å²) in [6.45, 7) is 0. The van der Waals surface area contributed by atoms with Gasteiger partial charge >= 0.3 is 0 Å². The molecular weight excluding hydrogens is 331 g/mol. The number of hydrogen-bond acceptors (Lipinski definition) is 3. The van der Waals surface area contributed by atoms with Gasteiger partial charge in [-0.3, -0.25) is 9.00 Å². The maximum atomic E-state index is 12.1. The Morgan fingerprint density at radius 2 is 1.86 bits per heavy atom. The quantitative estimate of drug-likeness (QED) is 0.837. The second-order valence-electron chi connectivity index (χ2n) is 4.20. The zero-order valence-corrected chi connectivity index (χ0v) is 13.1. The van der Waals surface area contributed by atoms with Crippen LogP contribution < -0.4 is 11.1 Å². The molecule has 0 aliphatic heterocycles. The van der Waals surface area contributed by atoms with Crippen LogP contribution in [0, 0.1) is 0 Å². The number of anilines is 2. The van der Waals surface area contributed by atoms with Crippen LogP contribution in [-0.2, 0) is 15.6 Å². The van der Waals surface area contributed by atoms with E-state index in [1.165, 1.54) is 0 Å². The van der Waals surface area contributed by atoms with Crippen molar-refractivity contribution >= 4 is 51.3 Å². The van der Waals surface area contributed by atoms with Crippen LogP contribution in [0.2, 0.25) is 10.0 Å². The highest BCUT2D eigenvalue weighted by Gasteiger charge is 2.13. The molecule has 0 heterocycles. The summed E-state index contributed by atoms with van der Waals surface area (Å²) in [6, 6.07) is 11.5. The number of hydrogen-bond donors (Lipinski definition) is 2. The zero-order valence-electron chi connectivity index (χ0n) is 10.8. The fraction of sp³-hybridized carbons (Fsp3) is 0.0714. The molecular formula is C14H12Cl2N2O2S. The van der Waals surface area contributed by atoms with Gasteiger partial charge in [0.2, 0.25) is 5.91 Å². The van der Waals surface area contributed by atoms with Crippen LogP contribution in [0.5, 0.6) is 0 Å². The van der Waals surface area contributed by atoms with Crippen LogP contribution in [0.3, 0.4) is 0 Å². The highest BCUT2D eigenvalue weighted by atomic mass is 35.5. The normalized spacial score (nSPS) is 11.9. The van der Waals surface area contributed by atoms with Gasteiger partial charge < -0.3 is 11.1 Å². The van der Waals surface area contributed by atoms with Gasteiger partial charge in [0.05, 0.1) is 31.4 Å². The Hall–Kier alpha value is -1.56. The minimum Gasteiger partial charge on any atom is -0.397 e. The summed E-state index contributed by atoms with van der Waals surface area (Å²) in [5.41, 5.74) is 6.51. The number of nitrogens with one attached hydrogen (secondary N) is 1. The molecule has 1 unspecified atom stereocenters. The van der Waals surface area contributed by atoms with Crippen LogP contribution in [0.15, 0.2) is 47.4 Å². The summed E-state index contributed by atoms with van der Waals surface area (Å²) in [4.78, 5) is 12.3.